The summed E-state index contributed by atoms with van der Waals surface area (Å²) in [5, 5.41) is 10.4. The zero-order valence-electron chi connectivity index (χ0n) is 12.3. The standard InChI is InChI=1S/C16H20N2O3/c1-3-6-18-10-17-9-13(18)16-8-14(19)12-5-4-11(20-2)7-15(12)21-16/h4-5,7,9-10,14,16,19H,3,6,8H2,1-2H3. The van der Waals surface area contributed by atoms with Crippen LogP contribution >= 0.6 is 0 Å². The normalized spacial score (nSPS) is 20.7. The Morgan fingerprint density at radius 2 is 2.33 bits per heavy atom. The Balaban J connectivity index is 1.91. The lowest BCUT2D eigenvalue weighted by atomic mass is 9.97. The van der Waals surface area contributed by atoms with Gasteiger partial charge in [-0.1, -0.05) is 6.92 Å². The molecule has 0 spiro atoms. The van der Waals surface area contributed by atoms with E-state index in [-0.39, 0.29) is 6.10 Å². The predicted octanol–water partition coefficient (Wildman–Crippen LogP) is 2.86. The van der Waals surface area contributed by atoms with E-state index in [0.717, 1.165) is 30.0 Å². The Bertz CT molecular complexity index is 624. The molecule has 112 valence electrons. The summed E-state index contributed by atoms with van der Waals surface area (Å²) < 4.78 is 13.4. The number of aliphatic hydroxyl groups is 1. The molecular weight excluding hydrogens is 268 g/mol. The maximum atomic E-state index is 10.4. The van der Waals surface area contributed by atoms with Gasteiger partial charge in [0.1, 0.15) is 17.6 Å². The van der Waals surface area contributed by atoms with Crippen LogP contribution in [0.2, 0.25) is 0 Å². The number of hydrogen-bond acceptors (Lipinski definition) is 4. The van der Waals surface area contributed by atoms with E-state index in [1.165, 1.54) is 0 Å². The fourth-order valence-electron chi connectivity index (χ4n) is 2.76. The van der Waals surface area contributed by atoms with Crippen LogP contribution in [0, 0.1) is 0 Å². The first-order chi connectivity index (χ1) is 10.2. The van der Waals surface area contributed by atoms with Crippen molar-refractivity contribution < 1.29 is 14.6 Å². The highest BCUT2D eigenvalue weighted by Gasteiger charge is 2.30. The van der Waals surface area contributed by atoms with Gasteiger partial charge in [-0.05, 0) is 18.6 Å². The Hall–Kier alpha value is -2.01. The van der Waals surface area contributed by atoms with Gasteiger partial charge >= 0.3 is 0 Å². The van der Waals surface area contributed by atoms with Gasteiger partial charge in [-0.25, -0.2) is 4.98 Å². The lowest BCUT2D eigenvalue weighted by Gasteiger charge is -2.30. The van der Waals surface area contributed by atoms with Crippen molar-refractivity contribution in [1.82, 2.24) is 9.55 Å². The summed E-state index contributed by atoms with van der Waals surface area (Å²) in [5.74, 6) is 1.41. The summed E-state index contributed by atoms with van der Waals surface area (Å²) in [7, 11) is 1.62. The Labute approximate surface area is 124 Å². The van der Waals surface area contributed by atoms with Gasteiger partial charge < -0.3 is 19.1 Å². The van der Waals surface area contributed by atoms with E-state index in [0.29, 0.717) is 12.2 Å². The van der Waals surface area contributed by atoms with Crippen LogP contribution in [0.1, 0.15) is 43.2 Å². The Morgan fingerprint density at radius 1 is 1.48 bits per heavy atom. The number of ether oxygens (including phenoxy) is 2. The lowest BCUT2D eigenvalue weighted by molar-refractivity contribution is 0.0616. The number of methoxy groups -OCH3 is 1. The number of hydrogen-bond donors (Lipinski definition) is 1. The van der Waals surface area contributed by atoms with Crippen LogP contribution in [0.25, 0.3) is 0 Å². The van der Waals surface area contributed by atoms with Gasteiger partial charge in [0, 0.05) is 24.6 Å². The second kappa shape index (κ2) is 5.77. The van der Waals surface area contributed by atoms with Gasteiger partial charge in [0.2, 0.25) is 0 Å². The molecule has 3 rings (SSSR count). The van der Waals surface area contributed by atoms with Crippen molar-refractivity contribution >= 4 is 0 Å². The van der Waals surface area contributed by atoms with Crippen molar-refractivity contribution in [1.29, 1.82) is 0 Å². The zero-order chi connectivity index (χ0) is 14.8. The molecule has 1 aromatic heterocycles. The second-order valence-corrected chi connectivity index (χ2v) is 5.27. The molecule has 21 heavy (non-hydrogen) atoms. The molecule has 0 amide bonds. The zero-order valence-corrected chi connectivity index (χ0v) is 12.3. The first kappa shape index (κ1) is 13.9. The molecule has 2 heterocycles. The number of fused-ring (bicyclic) bond motifs is 1. The Kier molecular flexibility index (Phi) is 3.84. The molecule has 2 atom stereocenters. The van der Waals surface area contributed by atoms with E-state index in [2.05, 4.69) is 16.5 Å². The van der Waals surface area contributed by atoms with Crippen molar-refractivity contribution in [2.75, 3.05) is 7.11 Å². The minimum Gasteiger partial charge on any atom is -0.497 e. The van der Waals surface area contributed by atoms with Crippen LogP contribution < -0.4 is 9.47 Å². The molecule has 5 heteroatoms. The van der Waals surface area contributed by atoms with Gasteiger partial charge in [0.25, 0.3) is 0 Å². The number of aliphatic hydroxyl groups excluding tert-OH is 1. The van der Waals surface area contributed by atoms with Gasteiger partial charge in [0.05, 0.1) is 31.4 Å². The first-order valence-corrected chi connectivity index (χ1v) is 7.25. The molecule has 1 aromatic carbocycles. The van der Waals surface area contributed by atoms with Crippen molar-refractivity contribution in [3.8, 4) is 11.5 Å². The topological polar surface area (TPSA) is 56.5 Å². The second-order valence-electron chi connectivity index (χ2n) is 5.27. The third-order valence-electron chi connectivity index (χ3n) is 3.83. The van der Waals surface area contributed by atoms with E-state index in [1.807, 2.05) is 30.7 Å². The molecule has 1 N–H and O–H groups in total. The average Bonchev–Trinajstić information content (AvgIpc) is 2.95. The highest BCUT2D eigenvalue weighted by atomic mass is 16.5. The van der Waals surface area contributed by atoms with Crippen molar-refractivity contribution in [3.05, 3.63) is 42.0 Å². The summed E-state index contributed by atoms with van der Waals surface area (Å²) in [6, 6.07) is 5.52. The van der Waals surface area contributed by atoms with E-state index in [1.54, 1.807) is 7.11 Å². The molecule has 5 nitrogen and oxygen atoms in total. The molecule has 0 bridgehead atoms. The van der Waals surface area contributed by atoms with Crippen LogP contribution in [-0.2, 0) is 6.54 Å². The fraction of sp³-hybridized carbons (Fsp3) is 0.438. The van der Waals surface area contributed by atoms with E-state index >= 15 is 0 Å². The summed E-state index contributed by atoms with van der Waals surface area (Å²) in [6.07, 6.45) is 4.48. The SMILES string of the molecule is CCCn1cncc1C1CC(O)c2ccc(OC)cc2O1. The first-order valence-electron chi connectivity index (χ1n) is 7.25. The largest absolute Gasteiger partial charge is 0.497 e. The lowest BCUT2D eigenvalue weighted by Crippen LogP contribution is -2.21. The van der Waals surface area contributed by atoms with Crippen LogP contribution in [0.4, 0.5) is 0 Å². The number of aromatic nitrogens is 2. The molecule has 0 fully saturated rings. The van der Waals surface area contributed by atoms with E-state index < -0.39 is 6.10 Å². The average molecular weight is 288 g/mol. The summed E-state index contributed by atoms with van der Waals surface area (Å²) in [5.41, 5.74) is 1.82. The molecule has 2 aromatic rings. The highest BCUT2D eigenvalue weighted by Crippen LogP contribution is 2.42. The third kappa shape index (κ3) is 2.61. The highest BCUT2D eigenvalue weighted by molar-refractivity contribution is 5.43. The smallest absolute Gasteiger partial charge is 0.143 e. The number of aryl methyl sites for hydroxylation is 1. The molecular formula is C16H20N2O3. The third-order valence-corrected chi connectivity index (χ3v) is 3.83. The summed E-state index contributed by atoms with van der Waals surface area (Å²) in [6.45, 7) is 3.02. The van der Waals surface area contributed by atoms with Crippen LogP contribution in [0.5, 0.6) is 11.5 Å². The van der Waals surface area contributed by atoms with Gasteiger partial charge in [-0.2, -0.15) is 0 Å². The van der Waals surface area contributed by atoms with E-state index in [9.17, 15) is 5.11 Å². The molecule has 0 saturated heterocycles. The molecule has 0 radical (unpaired) electrons. The van der Waals surface area contributed by atoms with Crippen molar-refractivity contribution in [2.24, 2.45) is 0 Å². The van der Waals surface area contributed by atoms with Crippen LogP contribution in [0.3, 0.4) is 0 Å². The molecule has 0 aliphatic carbocycles. The quantitative estimate of drug-likeness (QED) is 0.940. The maximum Gasteiger partial charge on any atom is 0.143 e. The van der Waals surface area contributed by atoms with Gasteiger partial charge in [0.15, 0.2) is 0 Å². The van der Waals surface area contributed by atoms with Crippen molar-refractivity contribution in [2.45, 2.75) is 38.5 Å². The van der Waals surface area contributed by atoms with Crippen LogP contribution in [0.15, 0.2) is 30.7 Å². The maximum absolute atomic E-state index is 10.4. The van der Waals surface area contributed by atoms with Gasteiger partial charge in [-0.3, -0.25) is 0 Å². The number of rotatable bonds is 4. The van der Waals surface area contributed by atoms with Crippen LogP contribution in [-0.4, -0.2) is 21.8 Å². The monoisotopic (exact) mass is 288 g/mol. The molecule has 2 unspecified atom stereocenters. The predicted molar refractivity (Wildman–Crippen MR) is 78.5 cm³/mol. The van der Waals surface area contributed by atoms with Crippen molar-refractivity contribution in [3.63, 3.8) is 0 Å². The fourth-order valence-corrected chi connectivity index (χ4v) is 2.76. The Morgan fingerprint density at radius 3 is 3.10 bits per heavy atom. The molecule has 0 saturated carbocycles. The molecule has 1 aliphatic rings. The number of nitrogens with zero attached hydrogens (tertiary/aromatic N) is 2. The van der Waals surface area contributed by atoms with Gasteiger partial charge in [-0.15, -0.1) is 0 Å². The summed E-state index contributed by atoms with van der Waals surface area (Å²) in [4.78, 5) is 4.21. The minimum atomic E-state index is -0.533. The summed E-state index contributed by atoms with van der Waals surface area (Å²) >= 11 is 0. The molecule has 1 aliphatic heterocycles. The minimum absolute atomic E-state index is 0.186. The number of imidazole rings is 1. The number of benzene rings is 1. The van der Waals surface area contributed by atoms with E-state index in [4.69, 9.17) is 9.47 Å².